The first kappa shape index (κ1) is 16.7. The first-order valence-electron chi connectivity index (χ1n) is 6.59. The molecule has 0 aliphatic rings. The van der Waals surface area contributed by atoms with E-state index in [0.717, 1.165) is 0 Å². The Hall–Kier alpha value is -1.34. The van der Waals surface area contributed by atoms with Crippen LogP contribution in [0.2, 0.25) is 0 Å². The quantitative estimate of drug-likeness (QED) is 0.763. The SMILES string of the molecule is CC(CCCC(C)C(=O)O)NS(=O)(=O)c1ccn(C)c1. The molecule has 0 bridgehead atoms. The predicted octanol–water partition coefficient (Wildman–Crippen LogP) is 1.58. The molecule has 0 aliphatic heterocycles. The molecule has 0 aromatic carbocycles. The topological polar surface area (TPSA) is 88.4 Å². The molecule has 1 heterocycles. The fourth-order valence-corrected chi connectivity index (χ4v) is 3.21. The minimum absolute atomic E-state index is 0.221. The molecule has 1 rings (SSSR count). The summed E-state index contributed by atoms with van der Waals surface area (Å²) in [4.78, 5) is 10.9. The first-order valence-corrected chi connectivity index (χ1v) is 8.08. The number of nitrogens with one attached hydrogen (secondary N) is 1. The van der Waals surface area contributed by atoms with Gasteiger partial charge in [-0.2, -0.15) is 0 Å². The summed E-state index contributed by atoms with van der Waals surface area (Å²) in [7, 11) is -1.73. The average Bonchev–Trinajstić information content (AvgIpc) is 2.75. The number of carboxylic acid groups (broad SMARTS) is 1. The number of hydrogen-bond donors (Lipinski definition) is 2. The van der Waals surface area contributed by atoms with Crippen LogP contribution in [0, 0.1) is 5.92 Å². The van der Waals surface area contributed by atoms with Gasteiger partial charge in [0.1, 0.15) is 0 Å². The van der Waals surface area contributed by atoms with Crippen molar-refractivity contribution in [2.45, 2.75) is 44.0 Å². The van der Waals surface area contributed by atoms with E-state index >= 15 is 0 Å². The zero-order valence-corrected chi connectivity index (χ0v) is 12.9. The molecule has 2 unspecified atom stereocenters. The van der Waals surface area contributed by atoms with E-state index in [4.69, 9.17) is 5.11 Å². The number of aryl methyl sites for hydroxylation is 1. The molecule has 2 atom stereocenters. The highest BCUT2D eigenvalue weighted by atomic mass is 32.2. The Kier molecular flexibility index (Phi) is 5.76. The summed E-state index contributed by atoms with van der Waals surface area (Å²) in [6, 6.07) is 1.32. The van der Waals surface area contributed by atoms with Crippen LogP contribution in [0.25, 0.3) is 0 Å². The Bertz CT molecular complexity index is 550. The van der Waals surface area contributed by atoms with Crippen LogP contribution in [-0.4, -0.2) is 30.1 Å². The molecule has 2 N–H and O–H groups in total. The molecule has 6 nitrogen and oxygen atoms in total. The van der Waals surface area contributed by atoms with Crippen molar-refractivity contribution in [2.24, 2.45) is 13.0 Å². The Morgan fingerprint density at radius 3 is 2.55 bits per heavy atom. The Labute approximate surface area is 119 Å². The van der Waals surface area contributed by atoms with Crippen LogP contribution in [-0.2, 0) is 21.9 Å². The van der Waals surface area contributed by atoms with Gasteiger partial charge in [-0.25, -0.2) is 13.1 Å². The van der Waals surface area contributed by atoms with Crippen LogP contribution >= 0.6 is 0 Å². The maximum atomic E-state index is 12.0. The van der Waals surface area contributed by atoms with Crippen LogP contribution in [0.1, 0.15) is 33.1 Å². The lowest BCUT2D eigenvalue weighted by atomic mass is 10.0. The summed E-state index contributed by atoms with van der Waals surface area (Å²) in [6.45, 7) is 3.44. The standard InChI is InChI=1S/C13H22N2O4S/c1-10(13(16)17)5-4-6-11(2)14-20(18,19)12-7-8-15(3)9-12/h7-11,14H,4-6H2,1-3H3,(H,16,17). The van der Waals surface area contributed by atoms with Gasteiger partial charge in [0.15, 0.2) is 0 Å². The second-order valence-corrected chi connectivity index (χ2v) is 6.92. The zero-order chi connectivity index (χ0) is 15.3. The van der Waals surface area contributed by atoms with Crippen molar-refractivity contribution in [3.8, 4) is 0 Å². The summed E-state index contributed by atoms with van der Waals surface area (Å²) in [5.41, 5.74) is 0. The average molecular weight is 302 g/mol. The summed E-state index contributed by atoms with van der Waals surface area (Å²) in [5, 5.41) is 8.77. The van der Waals surface area contributed by atoms with Crippen molar-refractivity contribution in [3.05, 3.63) is 18.5 Å². The molecular formula is C13H22N2O4S. The lowest BCUT2D eigenvalue weighted by Crippen LogP contribution is -2.32. The molecule has 0 spiro atoms. The van der Waals surface area contributed by atoms with Gasteiger partial charge in [-0.1, -0.05) is 13.3 Å². The Balaban J connectivity index is 2.46. The third kappa shape index (κ3) is 4.97. The number of carbonyl (C=O) groups is 1. The van der Waals surface area contributed by atoms with E-state index in [0.29, 0.717) is 19.3 Å². The number of rotatable bonds is 8. The van der Waals surface area contributed by atoms with Crippen LogP contribution < -0.4 is 4.72 Å². The number of hydrogen-bond acceptors (Lipinski definition) is 3. The van der Waals surface area contributed by atoms with Crippen LogP contribution in [0.4, 0.5) is 0 Å². The highest BCUT2D eigenvalue weighted by Gasteiger charge is 2.18. The van der Waals surface area contributed by atoms with Gasteiger partial charge >= 0.3 is 5.97 Å². The summed E-state index contributed by atoms with van der Waals surface area (Å²) in [5.74, 6) is -1.21. The molecule has 7 heteroatoms. The van der Waals surface area contributed by atoms with Gasteiger partial charge in [0.25, 0.3) is 0 Å². The number of aliphatic carboxylic acids is 1. The maximum Gasteiger partial charge on any atom is 0.306 e. The second kappa shape index (κ2) is 6.90. The fourth-order valence-electron chi connectivity index (χ4n) is 1.88. The molecule has 0 saturated heterocycles. The number of sulfonamides is 1. The lowest BCUT2D eigenvalue weighted by molar-refractivity contribution is -0.141. The fraction of sp³-hybridized carbons (Fsp3) is 0.615. The third-order valence-electron chi connectivity index (χ3n) is 3.17. The molecule has 1 aromatic rings. The van der Waals surface area contributed by atoms with Gasteiger partial charge in [-0.15, -0.1) is 0 Å². The van der Waals surface area contributed by atoms with Crippen molar-refractivity contribution < 1.29 is 18.3 Å². The van der Waals surface area contributed by atoms with E-state index in [-0.39, 0.29) is 10.9 Å². The summed E-state index contributed by atoms with van der Waals surface area (Å²) in [6.07, 6.45) is 5.05. The highest BCUT2D eigenvalue weighted by Crippen LogP contribution is 2.13. The van der Waals surface area contributed by atoms with Gasteiger partial charge in [-0.05, 0) is 25.8 Å². The van der Waals surface area contributed by atoms with Gasteiger partial charge in [0.2, 0.25) is 10.0 Å². The van der Waals surface area contributed by atoms with Crippen molar-refractivity contribution in [2.75, 3.05) is 0 Å². The first-order chi connectivity index (χ1) is 9.22. The van der Waals surface area contributed by atoms with Crippen molar-refractivity contribution in [3.63, 3.8) is 0 Å². The molecule has 0 saturated carbocycles. The van der Waals surface area contributed by atoms with E-state index < -0.39 is 21.9 Å². The van der Waals surface area contributed by atoms with Gasteiger partial charge in [0.05, 0.1) is 10.8 Å². The van der Waals surface area contributed by atoms with E-state index in [1.54, 1.807) is 43.9 Å². The molecular weight excluding hydrogens is 280 g/mol. The molecule has 20 heavy (non-hydrogen) atoms. The van der Waals surface area contributed by atoms with Gasteiger partial charge in [-0.3, -0.25) is 4.79 Å². The Morgan fingerprint density at radius 2 is 2.05 bits per heavy atom. The summed E-state index contributed by atoms with van der Waals surface area (Å²) < 4.78 is 28.4. The highest BCUT2D eigenvalue weighted by molar-refractivity contribution is 7.89. The molecule has 0 radical (unpaired) electrons. The summed E-state index contributed by atoms with van der Waals surface area (Å²) >= 11 is 0. The number of aromatic nitrogens is 1. The van der Waals surface area contributed by atoms with E-state index in [1.807, 2.05) is 0 Å². The van der Waals surface area contributed by atoms with Gasteiger partial charge in [0, 0.05) is 25.5 Å². The Morgan fingerprint density at radius 1 is 1.40 bits per heavy atom. The van der Waals surface area contributed by atoms with E-state index in [2.05, 4.69) is 4.72 Å². The minimum atomic E-state index is -3.49. The van der Waals surface area contributed by atoms with Crippen LogP contribution in [0.3, 0.4) is 0 Å². The van der Waals surface area contributed by atoms with E-state index in [1.165, 1.54) is 0 Å². The minimum Gasteiger partial charge on any atom is -0.481 e. The largest absolute Gasteiger partial charge is 0.481 e. The predicted molar refractivity (Wildman–Crippen MR) is 75.8 cm³/mol. The molecule has 114 valence electrons. The lowest BCUT2D eigenvalue weighted by Gasteiger charge is -2.14. The third-order valence-corrected chi connectivity index (χ3v) is 4.74. The van der Waals surface area contributed by atoms with E-state index in [9.17, 15) is 13.2 Å². The van der Waals surface area contributed by atoms with Crippen LogP contribution in [0.5, 0.6) is 0 Å². The molecule has 0 amide bonds. The van der Waals surface area contributed by atoms with Crippen molar-refractivity contribution >= 4 is 16.0 Å². The monoisotopic (exact) mass is 302 g/mol. The number of nitrogens with zero attached hydrogens (tertiary/aromatic N) is 1. The molecule has 1 aromatic heterocycles. The maximum absolute atomic E-state index is 12.0. The van der Waals surface area contributed by atoms with Crippen LogP contribution in [0.15, 0.2) is 23.4 Å². The van der Waals surface area contributed by atoms with Crippen molar-refractivity contribution in [1.29, 1.82) is 0 Å². The van der Waals surface area contributed by atoms with Gasteiger partial charge < -0.3 is 9.67 Å². The molecule has 0 aliphatic carbocycles. The molecule has 0 fully saturated rings. The second-order valence-electron chi connectivity index (χ2n) is 5.21. The normalized spacial score (nSPS) is 14.9. The number of carboxylic acids is 1. The van der Waals surface area contributed by atoms with Crippen molar-refractivity contribution in [1.82, 2.24) is 9.29 Å². The smallest absolute Gasteiger partial charge is 0.306 e. The zero-order valence-electron chi connectivity index (χ0n) is 12.0.